The van der Waals surface area contributed by atoms with Gasteiger partial charge in [0.25, 0.3) is 0 Å². The standard InChI is InChI=1S/C32H49FN4O3/c1-22(2)28-20-36(5)29(21-35(28)4)30(39)34-27(19-24-11-13-26(33)14-12-24)31(40)37-17-15-32(16-18-37,23(3)38)25-9-7-6-8-10-25/h11-14,22,25,27-29H,6-10,15-21H2,1-5H3,(H,34,39)/t27-,28?,29-/m1/s1. The molecule has 1 aromatic carbocycles. The number of amides is 2. The van der Waals surface area contributed by atoms with Gasteiger partial charge in [-0.1, -0.05) is 45.2 Å². The first-order valence-corrected chi connectivity index (χ1v) is 15.3. The van der Waals surface area contributed by atoms with E-state index in [0.717, 1.165) is 24.9 Å². The number of nitrogens with zero attached hydrogens (tertiary/aromatic N) is 3. The zero-order chi connectivity index (χ0) is 29.0. The van der Waals surface area contributed by atoms with Gasteiger partial charge in [-0.05, 0) is 76.2 Å². The zero-order valence-electron chi connectivity index (χ0n) is 25.1. The lowest BCUT2D eigenvalue weighted by Crippen LogP contribution is -2.63. The molecule has 222 valence electrons. The summed E-state index contributed by atoms with van der Waals surface area (Å²) in [5, 5.41) is 3.09. The minimum absolute atomic E-state index is 0.120. The first kappa shape index (κ1) is 30.6. The van der Waals surface area contributed by atoms with Gasteiger partial charge in [0.05, 0.1) is 0 Å². The highest BCUT2D eigenvalue weighted by atomic mass is 19.1. The van der Waals surface area contributed by atoms with Crippen LogP contribution >= 0.6 is 0 Å². The Morgan fingerprint density at radius 2 is 1.60 bits per heavy atom. The second-order valence-corrected chi connectivity index (χ2v) is 13.0. The van der Waals surface area contributed by atoms with E-state index in [2.05, 4.69) is 36.0 Å². The molecule has 1 N–H and O–H groups in total. The fourth-order valence-corrected chi connectivity index (χ4v) is 7.49. The van der Waals surface area contributed by atoms with Crippen LogP contribution < -0.4 is 5.32 Å². The van der Waals surface area contributed by atoms with Gasteiger partial charge in [0.1, 0.15) is 23.7 Å². The van der Waals surface area contributed by atoms with Crippen molar-refractivity contribution in [1.29, 1.82) is 0 Å². The Bertz CT molecular complexity index is 1030. The van der Waals surface area contributed by atoms with E-state index >= 15 is 0 Å². The van der Waals surface area contributed by atoms with Crippen LogP contribution in [0.3, 0.4) is 0 Å². The Kier molecular flexibility index (Phi) is 10.0. The maximum atomic E-state index is 14.0. The number of hydrogen-bond acceptors (Lipinski definition) is 5. The molecule has 7 nitrogen and oxygen atoms in total. The number of carbonyl (C=O) groups is 3. The third-order valence-electron chi connectivity index (χ3n) is 10.1. The molecular weight excluding hydrogens is 507 g/mol. The maximum absolute atomic E-state index is 14.0. The second kappa shape index (κ2) is 13.1. The summed E-state index contributed by atoms with van der Waals surface area (Å²) in [7, 11) is 4.03. The largest absolute Gasteiger partial charge is 0.343 e. The van der Waals surface area contributed by atoms with E-state index in [9.17, 15) is 18.8 Å². The highest BCUT2D eigenvalue weighted by Gasteiger charge is 2.46. The molecule has 1 saturated carbocycles. The van der Waals surface area contributed by atoms with Crippen molar-refractivity contribution in [3.05, 3.63) is 35.6 Å². The fourth-order valence-electron chi connectivity index (χ4n) is 7.49. The van der Waals surface area contributed by atoms with E-state index in [0.29, 0.717) is 56.8 Å². The van der Waals surface area contributed by atoms with Crippen LogP contribution in [0.5, 0.6) is 0 Å². The summed E-state index contributed by atoms with van der Waals surface area (Å²) in [4.78, 5) is 46.7. The summed E-state index contributed by atoms with van der Waals surface area (Å²) in [6, 6.07) is 5.39. The number of nitrogens with one attached hydrogen (secondary N) is 1. The molecule has 3 atom stereocenters. The smallest absolute Gasteiger partial charge is 0.245 e. The number of rotatable bonds is 8. The molecule has 0 radical (unpaired) electrons. The SMILES string of the molecule is CC(=O)C1(C2CCCCC2)CCN(C(=O)[C@@H](Cc2ccc(F)cc2)NC(=O)[C@H]2CN(C)C(C(C)C)CN2C)CC1. The number of benzene rings is 1. The Labute approximate surface area is 239 Å². The quantitative estimate of drug-likeness (QED) is 0.526. The van der Waals surface area contributed by atoms with Crippen LogP contribution in [-0.2, 0) is 20.8 Å². The Morgan fingerprint density at radius 1 is 0.975 bits per heavy atom. The van der Waals surface area contributed by atoms with Crippen molar-refractivity contribution in [2.45, 2.75) is 90.3 Å². The van der Waals surface area contributed by atoms with Gasteiger partial charge in [-0.25, -0.2) is 4.39 Å². The lowest BCUT2D eigenvalue weighted by atomic mass is 9.62. The van der Waals surface area contributed by atoms with Gasteiger partial charge in [-0.2, -0.15) is 0 Å². The third-order valence-corrected chi connectivity index (χ3v) is 10.1. The topological polar surface area (TPSA) is 73.0 Å². The minimum Gasteiger partial charge on any atom is -0.343 e. The predicted molar refractivity (Wildman–Crippen MR) is 155 cm³/mol. The van der Waals surface area contributed by atoms with Gasteiger partial charge in [0.15, 0.2) is 0 Å². The van der Waals surface area contributed by atoms with Gasteiger partial charge in [-0.15, -0.1) is 0 Å². The van der Waals surface area contributed by atoms with Crippen LogP contribution in [0.15, 0.2) is 24.3 Å². The number of ketones is 1. The maximum Gasteiger partial charge on any atom is 0.245 e. The van der Waals surface area contributed by atoms with E-state index in [1.54, 1.807) is 19.1 Å². The van der Waals surface area contributed by atoms with Crippen molar-refractivity contribution in [1.82, 2.24) is 20.0 Å². The summed E-state index contributed by atoms with van der Waals surface area (Å²) < 4.78 is 13.6. The van der Waals surface area contributed by atoms with Crippen LogP contribution in [0.4, 0.5) is 4.39 Å². The summed E-state index contributed by atoms with van der Waals surface area (Å²) in [6.07, 6.45) is 7.45. The lowest BCUT2D eigenvalue weighted by Gasteiger charge is -2.47. The van der Waals surface area contributed by atoms with Gasteiger partial charge in [0.2, 0.25) is 11.8 Å². The first-order valence-electron chi connectivity index (χ1n) is 15.3. The highest BCUT2D eigenvalue weighted by Crippen LogP contribution is 2.46. The molecule has 3 aliphatic rings. The average Bonchev–Trinajstić information content (AvgIpc) is 2.94. The van der Waals surface area contributed by atoms with E-state index < -0.39 is 6.04 Å². The van der Waals surface area contributed by atoms with E-state index in [1.807, 2.05) is 11.9 Å². The molecule has 2 amide bonds. The Balaban J connectivity index is 1.48. The molecule has 40 heavy (non-hydrogen) atoms. The van der Waals surface area contributed by atoms with Crippen LogP contribution in [-0.4, -0.2) is 90.7 Å². The summed E-state index contributed by atoms with van der Waals surface area (Å²) >= 11 is 0. The zero-order valence-corrected chi connectivity index (χ0v) is 25.1. The van der Waals surface area contributed by atoms with E-state index in [1.165, 1.54) is 31.4 Å². The van der Waals surface area contributed by atoms with E-state index in [4.69, 9.17) is 0 Å². The predicted octanol–water partition coefficient (Wildman–Crippen LogP) is 3.90. The summed E-state index contributed by atoms with van der Waals surface area (Å²) in [5.74, 6) is 0.520. The van der Waals surface area contributed by atoms with Gasteiger partial charge in [-0.3, -0.25) is 24.2 Å². The fraction of sp³-hybridized carbons (Fsp3) is 0.719. The van der Waals surface area contributed by atoms with Crippen molar-refractivity contribution >= 4 is 17.6 Å². The molecule has 1 aliphatic carbocycles. The number of Topliss-reactive ketones (excluding diaryl/α,β-unsaturated/α-hetero) is 1. The number of carbonyl (C=O) groups excluding carboxylic acids is 3. The molecule has 0 bridgehead atoms. The highest BCUT2D eigenvalue weighted by molar-refractivity contribution is 5.90. The van der Waals surface area contributed by atoms with Crippen molar-refractivity contribution in [2.24, 2.45) is 17.3 Å². The van der Waals surface area contributed by atoms with Gasteiger partial charge in [0, 0.05) is 44.1 Å². The van der Waals surface area contributed by atoms with E-state index in [-0.39, 0.29) is 34.9 Å². The first-order chi connectivity index (χ1) is 19.0. The molecule has 1 aromatic rings. The molecule has 2 heterocycles. The van der Waals surface area contributed by atoms with Crippen LogP contribution in [0.25, 0.3) is 0 Å². The molecule has 1 unspecified atom stereocenters. The number of piperazine rings is 1. The number of hydrogen-bond donors (Lipinski definition) is 1. The third kappa shape index (κ3) is 6.76. The molecule has 8 heteroatoms. The number of likely N-dealkylation sites (tertiary alicyclic amines) is 1. The van der Waals surface area contributed by atoms with Gasteiger partial charge >= 0.3 is 0 Å². The molecule has 0 spiro atoms. The van der Waals surface area contributed by atoms with Gasteiger partial charge < -0.3 is 10.2 Å². The second-order valence-electron chi connectivity index (χ2n) is 13.0. The number of likely N-dealkylation sites (N-methyl/N-ethyl adjacent to an activating group) is 2. The summed E-state index contributed by atoms with van der Waals surface area (Å²) in [6.45, 7) is 8.53. The average molecular weight is 557 g/mol. The van der Waals surface area contributed by atoms with Crippen LogP contribution in [0, 0.1) is 23.1 Å². The van der Waals surface area contributed by atoms with Crippen LogP contribution in [0.2, 0.25) is 0 Å². The molecule has 3 fully saturated rings. The molecule has 4 rings (SSSR count). The summed E-state index contributed by atoms with van der Waals surface area (Å²) in [5.41, 5.74) is 0.459. The molecule has 2 saturated heterocycles. The monoisotopic (exact) mass is 556 g/mol. The molecular formula is C32H49FN4O3. The lowest BCUT2D eigenvalue weighted by molar-refractivity contribution is -0.145. The van der Waals surface area contributed by atoms with Crippen molar-refractivity contribution in [2.75, 3.05) is 40.3 Å². The number of piperidine rings is 1. The van der Waals surface area contributed by atoms with Crippen LogP contribution in [0.1, 0.15) is 71.3 Å². The minimum atomic E-state index is -0.751. The van der Waals surface area contributed by atoms with Crippen molar-refractivity contribution in [3.63, 3.8) is 0 Å². The Morgan fingerprint density at radius 3 is 2.17 bits per heavy atom. The van der Waals surface area contributed by atoms with Crippen molar-refractivity contribution in [3.8, 4) is 0 Å². The molecule has 2 aliphatic heterocycles. The molecule has 0 aromatic heterocycles. The van der Waals surface area contributed by atoms with Crippen molar-refractivity contribution < 1.29 is 18.8 Å². The Hall–Kier alpha value is -2.32. The number of halogens is 1. The normalized spacial score (nSPS) is 25.5.